The minimum Gasteiger partial charge on any atom is -0.477 e. The van der Waals surface area contributed by atoms with Crippen LogP contribution in [0.4, 0.5) is 8.78 Å². The minimum atomic E-state index is -4.23. The number of carboxylic acid groups (broad SMARTS) is 1. The number of hydrogen-bond donors (Lipinski definition) is 2. The van der Waals surface area contributed by atoms with Crippen LogP contribution in [0.15, 0.2) is 16.3 Å². The number of aromatic carboxylic acids is 1. The van der Waals surface area contributed by atoms with Gasteiger partial charge in [-0.25, -0.2) is 22.0 Å². The maximum Gasteiger partial charge on any atom is 0.345 e. The molecular weight excluding hydrogens is 304 g/mol. The van der Waals surface area contributed by atoms with Gasteiger partial charge in [0.15, 0.2) is 0 Å². The van der Waals surface area contributed by atoms with Crippen molar-refractivity contribution in [3.63, 3.8) is 0 Å². The Hall–Kier alpha value is -1.10. The molecule has 0 aromatic carbocycles. The maximum atomic E-state index is 12.3. The summed E-state index contributed by atoms with van der Waals surface area (Å²) in [6.07, 6.45) is -2.89. The van der Waals surface area contributed by atoms with Gasteiger partial charge in [0.1, 0.15) is 4.88 Å². The van der Waals surface area contributed by atoms with Crippen LogP contribution in [-0.2, 0) is 10.0 Å². The Kier molecular flexibility index (Phi) is 5.35. The molecule has 0 saturated carbocycles. The average Bonchev–Trinajstić information content (AvgIpc) is 2.77. The van der Waals surface area contributed by atoms with E-state index < -0.39 is 42.1 Å². The molecular formula is C9H11F2NO5S2. The Bertz CT molecular complexity index is 543. The van der Waals surface area contributed by atoms with E-state index in [4.69, 9.17) is 10.2 Å². The number of alkyl halides is 2. The lowest BCUT2D eigenvalue weighted by Gasteiger charge is -2.19. The van der Waals surface area contributed by atoms with Crippen molar-refractivity contribution in [2.45, 2.75) is 11.3 Å². The average molecular weight is 315 g/mol. The third-order valence-electron chi connectivity index (χ3n) is 2.12. The number of aliphatic hydroxyl groups is 1. The number of carboxylic acids is 1. The van der Waals surface area contributed by atoms with Gasteiger partial charge in [-0.1, -0.05) is 0 Å². The van der Waals surface area contributed by atoms with E-state index in [1.165, 1.54) is 0 Å². The SMILES string of the molecule is O=C(O)c1cc(S(=O)(=O)N(CCO)CC(F)F)cs1. The number of sulfonamides is 1. The van der Waals surface area contributed by atoms with Crippen LogP contribution in [0.5, 0.6) is 0 Å². The lowest BCUT2D eigenvalue weighted by Crippen LogP contribution is -2.37. The first-order valence-electron chi connectivity index (χ1n) is 5.00. The Labute approximate surface area is 111 Å². The van der Waals surface area contributed by atoms with Crippen molar-refractivity contribution in [1.82, 2.24) is 4.31 Å². The number of nitrogens with zero attached hydrogens (tertiary/aromatic N) is 1. The molecule has 1 aromatic rings. The molecule has 1 aromatic heterocycles. The molecule has 0 aliphatic carbocycles. The van der Waals surface area contributed by atoms with Gasteiger partial charge in [-0.2, -0.15) is 4.31 Å². The Morgan fingerprint density at radius 3 is 2.53 bits per heavy atom. The monoisotopic (exact) mass is 315 g/mol. The Morgan fingerprint density at radius 2 is 2.11 bits per heavy atom. The van der Waals surface area contributed by atoms with Crippen LogP contribution in [0, 0.1) is 0 Å². The highest BCUT2D eigenvalue weighted by atomic mass is 32.2. The summed E-state index contributed by atoms with van der Waals surface area (Å²) in [4.78, 5) is 10.1. The van der Waals surface area contributed by atoms with Gasteiger partial charge in [0.2, 0.25) is 10.0 Å². The zero-order chi connectivity index (χ0) is 14.6. The van der Waals surface area contributed by atoms with Crippen LogP contribution < -0.4 is 0 Å². The summed E-state index contributed by atoms with van der Waals surface area (Å²) < 4.78 is 49.0. The number of halogens is 2. The van der Waals surface area contributed by atoms with E-state index in [1.807, 2.05) is 0 Å². The molecule has 0 aliphatic heterocycles. The number of rotatable bonds is 7. The number of hydrogen-bond acceptors (Lipinski definition) is 5. The van der Waals surface area contributed by atoms with Crippen molar-refractivity contribution in [2.24, 2.45) is 0 Å². The van der Waals surface area contributed by atoms with E-state index in [9.17, 15) is 22.0 Å². The fourth-order valence-corrected chi connectivity index (χ4v) is 3.80. The Balaban J connectivity index is 3.07. The Morgan fingerprint density at radius 1 is 1.47 bits per heavy atom. The van der Waals surface area contributed by atoms with Gasteiger partial charge >= 0.3 is 5.97 Å². The normalized spacial score (nSPS) is 12.3. The molecule has 0 amide bonds. The van der Waals surface area contributed by atoms with Crippen LogP contribution in [0.1, 0.15) is 9.67 Å². The molecule has 0 atom stereocenters. The summed E-state index contributed by atoms with van der Waals surface area (Å²) in [7, 11) is -4.23. The molecule has 6 nitrogen and oxygen atoms in total. The van der Waals surface area contributed by atoms with Gasteiger partial charge in [0, 0.05) is 11.9 Å². The number of carbonyl (C=O) groups is 1. The van der Waals surface area contributed by atoms with Crippen LogP contribution in [0.25, 0.3) is 0 Å². The van der Waals surface area contributed by atoms with Crippen LogP contribution in [-0.4, -0.2) is 55.0 Å². The summed E-state index contributed by atoms with van der Waals surface area (Å²) in [5.41, 5.74) is 0. The number of aliphatic hydroxyl groups excluding tert-OH is 1. The molecule has 1 heterocycles. The fraction of sp³-hybridized carbons (Fsp3) is 0.444. The van der Waals surface area contributed by atoms with E-state index in [0.29, 0.717) is 15.6 Å². The van der Waals surface area contributed by atoms with Crippen molar-refractivity contribution in [3.8, 4) is 0 Å². The molecule has 0 unspecified atom stereocenters. The lowest BCUT2D eigenvalue weighted by atomic mass is 10.5. The van der Waals surface area contributed by atoms with Crippen LogP contribution in [0.3, 0.4) is 0 Å². The first-order chi connectivity index (χ1) is 8.78. The summed E-state index contributed by atoms with van der Waals surface area (Å²) in [5, 5.41) is 18.5. The molecule has 108 valence electrons. The van der Waals surface area contributed by atoms with Crippen molar-refractivity contribution < 1.29 is 32.2 Å². The van der Waals surface area contributed by atoms with Gasteiger partial charge in [-0.3, -0.25) is 0 Å². The first-order valence-corrected chi connectivity index (χ1v) is 7.32. The highest BCUT2D eigenvalue weighted by Gasteiger charge is 2.28. The predicted octanol–water partition coefficient (Wildman–Crippen LogP) is 0.694. The van der Waals surface area contributed by atoms with E-state index >= 15 is 0 Å². The summed E-state index contributed by atoms with van der Waals surface area (Å²) in [5.74, 6) is -1.30. The fourth-order valence-electron chi connectivity index (χ4n) is 1.29. The van der Waals surface area contributed by atoms with E-state index in [-0.39, 0.29) is 9.77 Å². The molecule has 19 heavy (non-hydrogen) atoms. The van der Waals surface area contributed by atoms with Gasteiger partial charge < -0.3 is 10.2 Å². The second-order valence-corrected chi connectivity index (χ2v) is 6.28. The van der Waals surface area contributed by atoms with E-state index in [2.05, 4.69) is 0 Å². The quantitative estimate of drug-likeness (QED) is 0.772. The smallest absolute Gasteiger partial charge is 0.345 e. The zero-order valence-corrected chi connectivity index (χ0v) is 11.1. The van der Waals surface area contributed by atoms with Gasteiger partial charge in [-0.05, 0) is 6.07 Å². The van der Waals surface area contributed by atoms with Gasteiger partial charge in [0.05, 0.1) is 18.0 Å². The second kappa shape index (κ2) is 6.37. The van der Waals surface area contributed by atoms with Gasteiger partial charge in [0.25, 0.3) is 6.43 Å². The van der Waals surface area contributed by atoms with Crippen molar-refractivity contribution in [2.75, 3.05) is 19.7 Å². The topological polar surface area (TPSA) is 94.9 Å². The molecule has 2 N–H and O–H groups in total. The summed E-state index contributed by atoms with van der Waals surface area (Å²) in [6.45, 7) is -2.14. The third-order valence-corrected chi connectivity index (χ3v) is 5.03. The highest BCUT2D eigenvalue weighted by Crippen LogP contribution is 2.23. The first kappa shape index (κ1) is 16.0. The molecule has 0 fully saturated rings. The molecule has 0 bridgehead atoms. The molecule has 0 saturated heterocycles. The summed E-state index contributed by atoms with van der Waals surface area (Å²) >= 11 is 0.684. The minimum absolute atomic E-state index is 0.209. The largest absolute Gasteiger partial charge is 0.477 e. The van der Waals surface area contributed by atoms with Crippen molar-refractivity contribution in [3.05, 3.63) is 16.3 Å². The number of thiophene rings is 1. The second-order valence-electron chi connectivity index (χ2n) is 3.43. The van der Waals surface area contributed by atoms with Crippen LogP contribution in [0.2, 0.25) is 0 Å². The predicted molar refractivity (Wildman–Crippen MR) is 63.1 cm³/mol. The maximum absolute atomic E-state index is 12.3. The molecule has 0 spiro atoms. The highest BCUT2D eigenvalue weighted by molar-refractivity contribution is 7.89. The zero-order valence-electron chi connectivity index (χ0n) is 9.49. The third kappa shape index (κ3) is 3.93. The molecule has 1 rings (SSSR count). The summed E-state index contributed by atoms with van der Waals surface area (Å²) in [6, 6.07) is 0.901. The van der Waals surface area contributed by atoms with Gasteiger partial charge in [-0.15, -0.1) is 11.3 Å². The van der Waals surface area contributed by atoms with Crippen molar-refractivity contribution >= 4 is 27.3 Å². The molecule has 10 heteroatoms. The lowest BCUT2D eigenvalue weighted by molar-refractivity contribution is 0.0702. The van der Waals surface area contributed by atoms with Crippen LogP contribution >= 0.6 is 11.3 Å². The van der Waals surface area contributed by atoms with E-state index in [1.54, 1.807) is 0 Å². The molecule has 0 aliphatic rings. The van der Waals surface area contributed by atoms with Crippen molar-refractivity contribution in [1.29, 1.82) is 0 Å². The standard InChI is InChI=1S/C9H11F2NO5S2/c10-8(11)4-12(1-2-13)19(16,17)6-3-7(9(14)15)18-5-6/h3,5,8,13H,1-2,4H2,(H,14,15). The van der Waals surface area contributed by atoms with E-state index in [0.717, 1.165) is 11.4 Å². The molecule has 0 radical (unpaired) electrons.